The summed E-state index contributed by atoms with van der Waals surface area (Å²) < 4.78 is 6.70. The molecule has 1 saturated heterocycles. The van der Waals surface area contributed by atoms with E-state index in [9.17, 15) is 9.59 Å². The van der Waals surface area contributed by atoms with Crippen LogP contribution in [0.15, 0.2) is 46.9 Å². The van der Waals surface area contributed by atoms with Crippen LogP contribution in [0.4, 0.5) is 0 Å². The minimum absolute atomic E-state index is 0.00781. The first-order valence-electron chi connectivity index (χ1n) is 9.47. The molecule has 1 fully saturated rings. The molecule has 6 heteroatoms. The monoisotopic (exact) mass is 444 g/mol. The van der Waals surface area contributed by atoms with Crippen molar-refractivity contribution < 1.29 is 14.3 Å². The van der Waals surface area contributed by atoms with E-state index in [1.807, 2.05) is 61.2 Å². The molecule has 0 unspecified atom stereocenters. The fraction of sp³-hybridized carbons (Fsp3) is 0.364. The van der Waals surface area contributed by atoms with Crippen molar-refractivity contribution in [2.75, 3.05) is 32.8 Å². The van der Waals surface area contributed by atoms with Gasteiger partial charge in [0, 0.05) is 36.2 Å². The number of hydrogen-bond acceptors (Lipinski definition) is 3. The van der Waals surface area contributed by atoms with Crippen LogP contribution in [0.1, 0.15) is 27.9 Å². The quantitative estimate of drug-likeness (QED) is 0.719. The van der Waals surface area contributed by atoms with E-state index in [1.54, 1.807) is 4.90 Å². The Balaban J connectivity index is 1.55. The minimum atomic E-state index is -0.0427. The van der Waals surface area contributed by atoms with E-state index in [4.69, 9.17) is 4.74 Å². The lowest BCUT2D eigenvalue weighted by atomic mass is 10.1. The molecule has 0 spiro atoms. The Labute approximate surface area is 174 Å². The summed E-state index contributed by atoms with van der Waals surface area (Å²) in [7, 11) is 0. The van der Waals surface area contributed by atoms with Gasteiger partial charge in [0.15, 0.2) is 6.61 Å². The molecule has 2 aromatic rings. The summed E-state index contributed by atoms with van der Waals surface area (Å²) in [5.74, 6) is 0.711. The summed E-state index contributed by atoms with van der Waals surface area (Å²) in [6, 6.07) is 13.2. The molecule has 0 radical (unpaired) electrons. The van der Waals surface area contributed by atoms with Crippen LogP contribution >= 0.6 is 15.9 Å². The lowest BCUT2D eigenvalue weighted by Crippen LogP contribution is -2.39. The number of hydrogen-bond donors (Lipinski definition) is 0. The van der Waals surface area contributed by atoms with Crippen molar-refractivity contribution in [3.8, 4) is 5.75 Å². The van der Waals surface area contributed by atoms with E-state index in [-0.39, 0.29) is 18.4 Å². The zero-order valence-corrected chi connectivity index (χ0v) is 17.9. The van der Waals surface area contributed by atoms with E-state index in [0.717, 1.165) is 27.8 Å². The third kappa shape index (κ3) is 4.93. The third-order valence-corrected chi connectivity index (χ3v) is 5.66. The van der Waals surface area contributed by atoms with Gasteiger partial charge in [-0.05, 0) is 61.7 Å². The molecule has 2 aromatic carbocycles. The Morgan fingerprint density at radius 1 is 0.964 bits per heavy atom. The van der Waals surface area contributed by atoms with Crippen molar-refractivity contribution in [3.63, 3.8) is 0 Å². The van der Waals surface area contributed by atoms with Gasteiger partial charge in [0.2, 0.25) is 0 Å². The maximum Gasteiger partial charge on any atom is 0.260 e. The van der Waals surface area contributed by atoms with Crippen LogP contribution in [0, 0.1) is 13.8 Å². The van der Waals surface area contributed by atoms with Gasteiger partial charge in [0.05, 0.1) is 0 Å². The molecule has 1 aliphatic rings. The van der Waals surface area contributed by atoms with Gasteiger partial charge >= 0.3 is 0 Å². The number of amides is 2. The van der Waals surface area contributed by atoms with Gasteiger partial charge in [-0.25, -0.2) is 0 Å². The minimum Gasteiger partial charge on any atom is -0.483 e. The zero-order valence-electron chi connectivity index (χ0n) is 16.3. The largest absolute Gasteiger partial charge is 0.483 e. The van der Waals surface area contributed by atoms with E-state index < -0.39 is 0 Å². The predicted octanol–water partition coefficient (Wildman–Crippen LogP) is 3.82. The van der Waals surface area contributed by atoms with Crippen LogP contribution in [-0.4, -0.2) is 54.4 Å². The fourth-order valence-corrected chi connectivity index (χ4v) is 3.52. The first-order valence-corrected chi connectivity index (χ1v) is 10.3. The summed E-state index contributed by atoms with van der Waals surface area (Å²) in [5.41, 5.74) is 2.86. The van der Waals surface area contributed by atoms with Gasteiger partial charge in [-0.15, -0.1) is 0 Å². The standard InChI is InChI=1S/C22H25BrN2O3/c1-16-5-3-6-20(17(16)2)28-15-21(26)24-11-4-12-25(14-13-24)22(27)18-7-9-19(23)10-8-18/h3,5-10H,4,11-15H2,1-2H3. The Morgan fingerprint density at radius 3 is 2.39 bits per heavy atom. The van der Waals surface area contributed by atoms with Crippen LogP contribution in [0.25, 0.3) is 0 Å². The molecular weight excluding hydrogens is 420 g/mol. The molecule has 0 saturated carbocycles. The molecule has 0 atom stereocenters. The van der Waals surface area contributed by atoms with Crippen LogP contribution in [-0.2, 0) is 4.79 Å². The van der Waals surface area contributed by atoms with E-state index in [2.05, 4.69) is 15.9 Å². The summed E-state index contributed by atoms with van der Waals surface area (Å²) in [5, 5.41) is 0. The molecule has 0 aliphatic carbocycles. The highest BCUT2D eigenvalue weighted by Crippen LogP contribution is 2.20. The third-order valence-electron chi connectivity index (χ3n) is 5.13. The van der Waals surface area contributed by atoms with E-state index in [0.29, 0.717) is 31.7 Å². The maximum atomic E-state index is 12.7. The van der Waals surface area contributed by atoms with Crippen molar-refractivity contribution in [1.29, 1.82) is 0 Å². The van der Waals surface area contributed by atoms with Crippen molar-refractivity contribution in [2.45, 2.75) is 20.3 Å². The van der Waals surface area contributed by atoms with Crippen molar-refractivity contribution in [3.05, 3.63) is 63.6 Å². The molecule has 5 nitrogen and oxygen atoms in total. The molecule has 2 amide bonds. The van der Waals surface area contributed by atoms with Crippen LogP contribution < -0.4 is 4.74 Å². The SMILES string of the molecule is Cc1cccc(OCC(=O)N2CCCN(C(=O)c3ccc(Br)cc3)CC2)c1C. The summed E-state index contributed by atoms with van der Waals surface area (Å²) in [6.45, 7) is 6.38. The van der Waals surface area contributed by atoms with Crippen molar-refractivity contribution in [2.24, 2.45) is 0 Å². The lowest BCUT2D eigenvalue weighted by Gasteiger charge is -2.22. The van der Waals surface area contributed by atoms with Gasteiger partial charge in [0.1, 0.15) is 5.75 Å². The van der Waals surface area contributed by atoms with Gasteiger partial charge < -0.3 is 14.5 Å². The summed E-state index contributed by atoms with van der Waals surface area (Å²) >= 11 is 3.39. The molecule has 28 heavy (non-hydrogen) atoms. The van der Waals surface area contributed by atoms with Crippen LogP contribution in [0.5, 0.6) is 5.75 Å². The summed E-state index contributed by atoms with van der Waals surface area (Å²) in [6.07, 6.45) is 0.761. The van der Waals surface area contributed by atoms with Crippen molar-refractivity contribution >= 4 is 27.7 Å². The highest BCUT2D eigenvalue weighted by Gasteiger charge is 2.23. The Kier molecular flexibility index (Phi) is 6.73. The second-order valence-electron chi connectivity index (χ2n) is 7.02. The molecular formula is C22H25BrN2O3. The van der Waals surface area contributed by atoms with Gasteiger partial charge in [-0.1, -0.05) is 28.1 Å². The number of rotatable bonds is 4. The second kappa shape index (κ2) is 9.24. The second-order valence-corrected chi connectivity index (χ2v) is 7.94. The zero-order chi connectivity index (χ0) is 20.1. The van der Waals surface area contributed by atoms with E-state index in [1.165, 1.54) is 0 Å². The molecule has 0 bridgehead atoms. The first-order chi connectivity index (χ1) is 13.5. The molecule has 1 heterocycles. The maximum absolute atomic E-state index is 12.7. The predicted molar refractivity (Wildman–Crippen MR) is 113 cm³/mol. The van der Waals surface area contributed by atoms with E-state index >= 15 is 0 Å². The average Bonchev–Trinajstić information content (AvgIpc) is 2.95. The highest BCUT2D eigenvalue weighted by molar-refractivity contribution is 9.10. The number of ether oxygens (including phenoxy) is 1. The molecule has 0 aromatic heterocycles. The van der Waals surface area contributed by atoms with Gasteiger partial charge in [-0.3, -0.25) is 9.59 Å². The molecule has 0 N–H and O–H groups in total. The fourth-order valence-electron chi connectivity index (χ4n) is 3.26. The Bertz CT molecular complexity index is 851. The number of nitrogens with zero attached hydrogens (tertiary/aromatic N) is 2. The lowest BCUT2D eigenvalue weighted by molar-refractivity contribution is -0.133. The van der Waals surface area contributed by atoms with Crippen LogP contribution in [0.3, 0.4) is 0 Å². The number of benzene rings is 2. The van der Waals surface area contributed by atoms with Gasteiger partial charge in [-0.2, -0.15) is 0 Å². The van der Waals surface area contributed by atoms with Crippen molar-refractivity contribution in [1.82, 2.24) is 9.80 Å². The number of carbonyl (C=O) groups is 2. The molecule has 3 rings (SSSR count). The normalized spacial score (nSPS) is 14.5. The van der Waals surface area contributed by atoms with Gasteiger partial charge in [0.25, 0.3) is 11.8 Å². The number of halogens is 1. The Morgan fingerprint density at radius 2 is 1.64 bits per heavy atom. The molecule has 1 aliphatic heterocycles. The highest BCUT2D eigenvalue weighted by atomic mass is 79.9. The molecule has 148 valence electrons. The first kappa shape index (κ1) is 20.4. The Hall–Kier alpha value is -2.34. The number of aryl methyl sites for hydroxylation is 1. The van der Waals surface area contributed by atoms with Crippen LogP contribution in [0.2, 0.25) is 0 Å². The summed E-state index contributed by atoms with van der Waals surface area (Å²) in [4.78, 5) is 28.9. The smallest absolute Gasteiger partial charge is 0.260 e. The topological polar surface area (TPSA) is 49.9 Å². The average molecular weight is 445 g/mol. The number of carbonyl (C=O) groups excluding carboxylic acids is 2.